The summed E-state index contributed by atoms with van der Waals surface area (Å²) in [4.78, 5) is 4.31. The van der Waals surface area contributed by atoms with Crippen LogP contribution in [0.2, 0.25) is 0 Å². The van der Waals surface area contributed by atoms with Crippen molar-refractivity contribution in [3.05, 3.63) is 23.8 Å². The van der Waals surface area contributed by atoms with Crippen LogP contribution in [0.4, 0.5) is 5.13 Å². The molecule has 4 heteroatoms. The predicted molar refractivity (Wildman–Crippen MR) is 77.9 cm³/mol. The number of fused-ring (bicyclic) bond motifs is 1. The summed E-state index contributed by atoms with van der Waals surface area (Å²) in [6.07, 6.45) is 5.23. The highest BCUT2D eigenvalue weighted by Gasteiger charge is 2.36. The van der Waals surface area contributed by atoms with Crippen LogP contribution in [0.3, 0.4) is 0 Å². The van der Waals surface area contributed by atoms with Gasteiger partial charge >= 0.3 is 0 Å². The minimum Gasteiger partial charge on any atom is -0.375 e. The van der Waals surface area contributed by atoms with Crippen LogP contribution in [0.15, 0.2) is 18.2 Å². The Morgan fingerprint density at radius 3 is 2.94 bits per heavy atom. The normalized spacial score (nSPS) is 17.8. The first-order valence-corrected chi connectivity index (χ1v) is 7.32. The summed E-state index contributed by atoms with van der Waals surface area (Å²) in [5.41, 5.74) is 8.68. The van der Waals surface area contributed by atoms with Crippen LogP contribution < -0.4 is 11.1 Å². The molecular weight excluding hydrogens is 242 g/mol. The molecule has 1 saturated carbocycles. The minimum atomic E-state index is 0.485. The molecule has 0 aliphatic heterocycles. The first kappa shape index (κ1) is 11.9. The molecule has 3 rings (SSSR count). The van der Waals surface area contributed by atoms with Crippen molar-refractivity contribution in [2.45, 2.75) is 25.7 Å². The fourth-order valence-corrected chi connectivity index (χ4v) is 3.80. The Morgan fingerprint density at radius 2 is 2.28 bits per heavy atom. The van der Waals surface area contributed by atoms with Gasteiger partial charge in [-0.1, -0.05) is 23.8 Å². The SMILES string of the molecule is CNCC1(Cc2ccc3nc(N)sc3c2)CCC1. The zero-order chi connectivity index (χ0) is 12.6. The van der Waals surface area contributed by atoms with Gasteiger partial charge in [-0.25, -0.2) is 4.98 Å². The van der Waals surface area contributed by atoms with Crippen LogP contribution in [0.5, 0.6) is 0 Å². The number of nitrogens with zero attached hydrogens (tertiary/aromatic N) is 1. The van der Waals surface area contributed by atoms with Crippen LogP contribution in [-0.2, 0) is 6.42 Å². The molecule has 1 heterocycles. The number of benzene rings is 1. The third-order valence-electron chi connectivity index (χ3n) is 4.01. The Hall–Kier alpha value is -1.13. The van der Waals surface area contributed by atoms with E-state index >= 15 is 0 Å². The van der Waals surface area contributed by atoms with Gasteiger partial charge in [0, 0.05) is 6.54 Å². The first-order valence-electron chi connectivity index (χ1n) is 6.50. The van der Waals surface area contributed by atoms with Gasteiger partial charge in [-0.3, -0.25) is 0 Å². The van der Waals surface area contributed by atoms with Crippen LogP contribution in [0, 0.1) is 5.41 Å². The molecule has 0 atom stereocenters. The van der Waals surface area contributed by atoms with Crippen molar-refractivity contribution < 1.29 is 0 Å². The van der Waals surface area contributed by atoms with E-state index in [-0.39, 0.29) is 0 Å². The molecular formula is C14H19N3S. The summed E-state index contributed by atoms with van der Waals surface area (Å²) in [5.74, 6) is 0. The highest BCUT2D eigenvalue weighted by atomic mass is 32.1. The number of aromatic nitrogens is 1. The van der Waals surface area contributed by atoms with E-state index in [1.165, 1.54) is 35.9 Å². The van der Waals surface area contributed by atoms with Crippen LogP contribution in [0.25, 0.3) is 10.2 Å². The Kier molecular flexibility index (Phi) is 2.99. The molecule has 18 heavy (non-hydrogen) atoms. The Bertz CT molecular complexity index is 557. The van der Waals surface area contributed by atoms with E-state index in [4.69, 9.17) is 5.73 Å². The standard InChI is InChI=1S/C14H19N3S/c1-16-9-14(5-2-6-14)8-10-3-4-11-12(7-10)18-13(15)17-11/h3-4,7,16H,2,5-6,8-9H2,1H3,(H2,15,17). The molecule has 1 aromatic heterocycles. The Morgan fingerprint density at radius 1 is 1.44 bits per heavy atom. The van der Waals surface area contributed by atoms with Crippen molar-refractivity contribution in [2.75, 3.05) is 19.3 Å². The lowest BCUT2D eigenvalue weighted by Crippen LogP contribution is -2.40. The molecule has 0 unspecified atom stereocenters. The number of hydrogen-bond donors (Lipinski definition) is 2. The number of anilines is 1. The van der Waals surface area contributed by atoms with E-state index in [1.54, 1.807) is 11.3 Å². The van der Waals surface area contributed by atoms with E-state index in [2.05, 4.69) is 28.5 Å². The number of nitrogen functional groups attached to an aromatic ring is 1. The molecule has 2 aromatic rings. The van der Waals surface area contributed by atoms with Crippen molar-refractivity contribution in [1.29, 1.82) is 0 Å². The monoisotopic (exact) mass is 261 g/mol. The third-order valence-corrected chi connectivity index (χ3v) is 4.86. The topological polar surface area (TPSA) is 50.9 Å². The lowest BCUT2D eigenvalue weighted by molar-refractivity contribution is 0.133. The number of hydrogen-bond acceptors (Lipinski definition) is 4. The van der Waals surface area contributed by atoms with Gasteiger partial charge < -0.3 is 11.1 Å². The van der Waals surface area contributed by atoms with Gasteiger partial charge in [0.25, 0.3) is 0 Å². The van der Waals surface area contributed by atoms with Crippen LogP contribution >= 0.6 is 11.3 Å². The molecule has 3 N–H and O–H groups in total. The van der Waals surface area contributed by atoms with Gasteiger partial charge in [-0.2, -0.15) is 0 Å². The maximum absolute atomic E-state index is 5.75. The van der Waals surface area contributed by atoms with Gasteiger partial charge in [0.2, 0.25) is 0 Å². The van der Waals surface area contributed by atoms with E-state index < -0.39 is 0 Å². The molecule has 0 amide bonds. The van der Waals surface area contributed by atoms with Crippen molar-refractivity contribution in [3.8, 4) is 0 Å². The van der Waals surface area contributed by atoms with E-state index in [1.807, 2.05) is 7.05 Å². The molecule has 0 spiro atoms. The molecule has 1 fully saturated rings. The summed E-state index contributed by atoms with van der Waals surface area (Å²) in [7, 11) is 2.05. The quantitative estimate of drug-likeness (QED) is 0.890. The Labute approximate surface area is 111 Å². The zero-order valence-electron chi connectivity index (χ0n) is 10.7. The smallest absolute Gasteiger partial charge is 0.181 e. The second kappa shape index (κ2) is 4.52. The Balaban J connectivity index is 1.85. The average molecular weight is 261 g/mol. The second-order valence-electron chi connectivity index (χ2n) is 5.41. The van der Waals surface area contributed by atoms with Gasteiger partial charge in [0.1, 0.15) is 0 Å². The first-order chi connectivity index (χ1) is 8.71. The predicted octanol–water partition coefficient (Wildman–Crippen LogP) is 2.81. The highest BCUT2D eigenvalue weighted by Crippen LogP contribution is 2.43. The highest BCUT2D eigenvalue weighted by molar-refractivity contribution is 7.22. The molecule has 0 saturated heterocycles. The van der Waals surface area contributed by atoms with Gasteiger partial charge in [-0.05, 0) is 49.4 Å². The molecule has 0 bridgehead atoms. The summed E-state index contributed by atoms with van der Waals surface area (Å²) < 4.78 is 1.21. The molecule has 3 nitrogen and oxygen atoms in total. The maximum Gasteiger partial charge on any atom is 0.181 e. The largest absolute Gasteiger partial charge is 0.375 e. The molecule has 96 valence electrons. The molecule has 1 aliphatic carbocycles. The molecule has 0 radical (unpaired) electrons. The summed E-state index contributed by atoms with van der Waals surface area (Å²) in [6, 6.07) is 6.57. The van der Waals surface area contributed by atoms with Crippen molar-refractivity contribution in [3.63, 3.8) is 0 Å². The summed E-state index contributed by atoms with van der Waals surface area (Å²) in [5, 5.41) is 4.00. The number of rotatable bonds is 4. The molecule has 1 aromatic carbocycles. The average Bonchev–Trinajstić information content (AvgIpc) is 2.65. The third kappa shape index (κ3) is 2.10. The fraction of sp³-hybridized carbons (Fsp3) is 0.500. The van der Waals surface area contributed by atoms with Gasteiger partial charge in [0.15, 0.2) is 5.13 Å². The van der Waals surface area contributed by atoms with Gasteiger partial charge in [-0.15, -0.1) is 0 Å². The van der Waals surface area contributed by atoms with Crippen molar-refractivity contribution in [2.24, 2.45) is 5.41 Å². The summed E-state index contributed by atoms with van der Waals surface area (Å²) >= 11 is 1.58. The van der Waals surface area contributed by atoms with Crippen molar-refractivity contribution >= 4 is 26.7 Å². The van der Waals surface area contributed by atoms with E-state index in [9.17, 15) is 0 Å². The molecule has 1 aliphatic rings. The van der Waals surface area contributed by atoms with E-state index in [0.29, 0.717) is 10.5 Å². The second-order valence-corrected chi connectivity index (χ2v) is 6.48. The van der Waals surface area contributed by atoms with Crippen molar-refractivity contribution in [1.82, 2.24) is 10.3 Å². The van der Waals surface area contributed by atoms with Crippen LogP contribution in [0.1, 0.15) is 24.8 Å². The van der Waals surface area contributed by atoms with Crippen LogP contribution in [-0.4, -0.2) is 18.6 Å². The lowest BCUT2D eigenvalue weighted by Gasteiger charge is -2.42. The number of nitrogens with one attached hydrogen (secondary N) is 1. The van der Waals surface area contributed by atoms with E-state index in [0.717, 1.165) is 12.1 Å². The lowest BCUT2D eigenvalue weighted by atomic mass is 9.65. The number of nitrogens with two attached hydrogens (primary N) is 1. The van der Waals surface area contributed by atoms with Gasteiger partial charge in [0.05, 0.1) is 10.2 Å². The minimum absolute atomic E-state index is 0.485. The number of thiazole rings is 1. The fourth-order valence-electron chi connectivity index (χ4n) is 3.00. The maximum atomic E-state index is 5.75. The zero-order valence-corrected chi connectivity index (χ0v) is 11.5. The summed E-state index contributed by atoms with van der Waals surface area (Å²) in [6.45, 7) is 1.12.